The second kappa shape index (κ2) is 6.59. The Labute approximate surface area is 160 Å². The van der Waals surface area contributed by atoms with Crippen LogP contribution in [-0.2, 0) is 0 Å². The van der Waals surface area contributed by atoms with Gasteiger partial charge in [0.2, 0.25) is 0 Å². The summed E-state index contributed by atoms with van der Waals surface area (Å²) in [5.74, 6) is 1.43. The average molecular weight is 368 g/mol. The molecule has 1 aliphatic heterocycles. The van der Waals surface area contributed by atoms with Crippen molar-refractivity contribution < 1.29 is 9.53 Å². The minimum absolute atomic E-state index is 0.116. The highest BCUT2D eigenvalue weighted by Gasteiger charge is 2.39. The Kier molecular flexibility index (Phi) is 4.36. The van der Waals surface area contributed by atoms with Crippen molar-refractivity contribution in [3.8, 4) is 5.75 Å². The number of aryl methyl sites for hydroxylation is 1. The molecule has 1 aliphatic carbocycles. The van der Waals surface area contributed by atoms with Gasteiger partial charge in [-0.2, -0.15) is 5.10 Å². The fraction of sp³-hybridized carbons (Fsp3) is 0.524. The van der Waals surface area contributed by atoms with Gasteiger partial charge in [-0.1, -0.05) is 0 Å². The van der Waals surface area contributed by atoms with E-state index in [1.54, 1.807) is 7.11 Å². The van der Waals surface area contributed by atoms with Gasteiger partial charge >= 0.3 is 0 Å². The minimum atomic E-state index is -0.153. The zero-order chi connectivity index (χ0) is 19.2. The van der Waals surface area contributed by atoms with Gasteiger partial charge in [-0.15, -0.1) is 0 Å². The number of hydrogen-bond donors (Lipinski definition) is 1. The average Bonchev–Trinajstić information content (AvgIpc) is 3.42. The van der Waals surface area contributed by atoms with Gasteiger partial charge in [-0.05, 0) is 57.9 Å². The lowest BCUT2D eigenvalue weighted by atomic mass is 9.96. The fourth-order valence-corrected chi connectivity index (χ4v) is 4.10. The first-order chi connectivity index (χ1) is 12.9. The van der Waals surface area contributed by atoms with Gasteiger partial charge in [0.05, 0.1) is 23.9 Å². The summed E-state index contributed by atoms with van der Waals surface area (Å²) < 4.78 is 5.26. The molecule has 27 heavy (non-hydrogen) atoms. The molecule has 0 atom stereocenters. The second-order valence-electron chi connectivity index (χ2n) is 8.27. The zero-order valence-electron chi connectivity index (χ0n) is 16.6. The maximum Gasteiger partial charge on any atom is 0.257 e. The molecule has 4 rings (SSSR count). The van der Waals surface area contributed by atoms with Gasteiger partial charge < -0.3 is 14.5 Å². The summed E-state index contributed by atoms with van der Waals surface area (Å²) in [6.07, 6.45) is 2.28. The van der Waals surface area contributed by atoms with Gasteiger partial charge in [-0.3, -0.25) is 9.89 Å². The molecule has 2 fully saturated rings. The van der Waals surface area contributed by atoms with Crippen LogP contribution in [0, 0.1) is 6.92 Å². The van der Waals surface area contributed by atoms with Gasteiger partial charge in [0.25, 0.3) is 5.91 Å². The maximum absolute atomic E-state index is 13.3. The highest BCUT2D eigenvalue weighted by atomic mass is 16.5. The summed E-state index contributed by atoms with van der Waals surface area (Å²) in [4.78, 5) is 17.6. The van der Waals surface area contributed by atoms with Crippen LogP contribution in [0.3, 0.4) is 0 Å². The van der Waals surface area contributed by atoms with Crippen molar-refractivity contribution in [3.05, 3.63) is 41.2 Å². The van der Waals surface area contributed by atoms with Crippen LogP contribution >= 0.6 is 0 Å². The molecule has 0 radical (unpaired) electrons. The molecule has 6 heteroatoms. The summed E-state index contributed by atoms with van der Waals surface area (Å²) in [5, 5.41) is 7.44. The molecule has 2 aromatic rings. The standard InChI is InChI=1S/C21H28N4O2/c1-14-18(19(23-22-14)15-5-6-15)20(26)24-11-12-25(21(2,3)13-24)16-7-9-17(27-4)10-8-16/h7-10,15H,5-6,11-13H2,1-4H3,(H,22,23). The van der Waals surface area contributed by atoms with E-state index in [0.29, 0.717) is 19.0 Å². The monoisotopic (exact) mass is 368 g/mol. The van der Waals surface area contributed by atoms with Gasteiger partial charge in [-0.25, -0.2) is 0 Å². The summed E-state index contributed by atoms with van der Waals surface area (Å²) in [6, 6.07) is 8.15. The van der Waals surface area contributed by atoms with Crippen molar-refractivity contribution in [1.82, 2.24) is 15.1 Å². The molecule has 0 spiro atoms. The number of piperazine rings is 1. The van der Waals surface area contributed by atoms with E-state index in [4.69, 9.17) is 4.74 Å². The van der Waals surface area contributed by atoms with Crippen LogP contribution < -0.4 is 9.64 Å². The Morgan fingerprint density at radius 3 is 2.52 bits per heavy atom. The van der Waals surface area contributed by atoms with Crippen molar-refractivity contribution >= 4 is 11.6 Å². The number of benzene rings is 1. The second-order valence-corrected chi connectivity index (χ2v) is 8.27. The summed E-state index contributed by atoms with van der Waals surface area (Å²) >= 11 is 0. The van der Waals surface area contributed by atoms with E-state index in [1.165, 1.54) is 0 Å². The molecule has 1 saturated carbocycles. The Balaban J connectivity index is 1.53. The molecule has 6 nitrogen and oxygen atoms in total. The number of hydrogen-bond acceptors (Lipinski definition) is 4. The van der Waals surface area contributed by atoms with Crippen LogP contribution in [0.4, 0.5) is 5.69 Å². The van der Waals surface area contributed by atoms with E-state index in [2.05, 4.69) is 41.1 Å². The SMILES string of the molecule is COc1ccc(N2CCN(C(=O)c3c(C4CC4)n[nH]c3C)CC2(C)C)cc1. The van der Waals surface area contributed by atoms with E-state index in [-0.39, 0.29) is 11.4 Å². The van der Waals surface area contributed by atoms with Crippen molar-refractivity contribution in [3.63, 3.8) is 0 Å². The Morgan fingerprint density at radius 2 is 1.93 bits per heavy atom. The van der Waals surface area contributed by atoms with Crippen molar-refractivity contribution in [2.24, 2.45) is 0 Å². The number of carbonyl (C=O) groups is 1. The molecule has 1 saturated heterocycles. The molecule has 0 unspecified atom stereocenters. The van der Waals surface area contributed by atoms with E-state index >= 15 is 0 Å². The summed E-state index contributed by atoms with van der Waals surface area (Å²) in [6.45, 7) is 8.54. The van der Waals surface area contributed by atoms with Gasteiger partial charge in [0, 0.05) is 36.9 Å². The number of amides is 1. The molecule has 1 amide bonds. The van der Waals surface area contributed by atoms with Crippen molar-refractivity contribution in [2.45, 2.75) is 45.1 Å². The predicted octanol–water partition coefficient (Wildman–Crippen LogP) is 3.35. The largest absolute Gasteiger partial charge is 0.497 e. The first kappa shape index (κ1) is 17.9. The van der Waals surface area contributed by atoms with E-state index < -0.39 is 0 Å². The molecule has 1 aromatic carbocycles. The number of nitrogens with zero attached hydrogens (tertiary/aromatic N) is 3. The van der Waals surface area contributed by atoms with Crippen LogP contribution in [0.2, 0.25) is 0 Å². The zero-order valence-corrected chi connectivity index (χ0v) is 16.6. The Morgan fingerprint density at radius 1 is 1.22 bits per heavy atom. The lowest BCUT2D eigenvalue weighted by molar-refractivity contribution is 0.0684. The van der Waals surface area contributed by atoms with Gasteiger partial charge in [0.15, 0.2) is 0 Å². The third kappa shape index (κ3) is 3.29. The summed E-state index contributed by atoms with van der Waals surface area (Å²) in [7, 11) is 1.68. The molecular weight excluding hydrogens is 340 g/mol. The molecule has 1 N–H and O–H groups in total. The third-order valence-corrected chi connectivity index (χ3v) is 5.73. The van der Waals surface area contributed by atoms with Crippen molar-refractivity contribution in [1.29, 1.82) is 0 Å². The lowest BCUT2D eigenvalue weighted by Gasteiger charge is -2.48. The normalized spacial score (nSPS) is 19.3. The van der Waals surface area contributed by atoms with Crippen molar-refractivity contribution in [2.75, 3.05) is 31.6 Å². The molecule has 2 aliphatic rings. The third-order valence-electron chi connectivity index (χ3n) is 5.73. The summed E-state index contributed by atoms with van der Waals surface area (Å²) in [5.41, 5.74) is 3.65. The Bertz CT molecular complexity index is 836. The van der Waals surface area contributed by atoms with Crippen LogP contribution in [0.5, 0.6) is 5.75 Å². The number of carbonyl (C=O) groups excluding carboxylic acids is 1. The molecule has 144 valence electrons. The predicted molar refractivity (Wildman–Crippen MR) is 106 cm³/mol. The first-order valence-corrected chi connectivity index (χ1v) is 9.66. The number of methoxy groups -OCH3 is 1. The number of ether oxygens (including phenoxy) is 1. The van der Waals surface area contributed by atoms with Crippen LogP contribution in [0.15, 0.2) is 24.3 Å². The number of aromatic nitrogens is 2. The topological polar surface area (TPSA) is 61.5 Å². The Hall–Kier alpha value is -2.50. The minimum Gasteiger partial charge on any atom is -0.497 e. The number of rotatable bonds is 4. The molecular formula is C21H28N4O2. The lowest BCUT2D eigenvalue weighted by Crippen LogP contribution is -2.60. The highest BCUT2D eigenvalue weighted by Crippen LogP contribution is 2.41. The van der Waals surface area contributed by atoms with Crippen LogP contribution in [-0.4, -0.2) is 53.3 Å². The van der Waals surface area contributed by atoms with Crippen LogP contribution in [0.25, 0.3) is 0 Å². The molecule has 1 aromatic heterocycles. The number of nitrogens with one attached hydrogen (secondary N) is 1. The smallest absolute Gasteiger partial charge is 0.257 e. The van der Waals surface area contributed by atoms with E-state index in [9.17, 15) is 4.79 Å². The maximum atomic E-state index is 13.3. The molecule has 2 heterocycles. The highest BCUT2D eigenvalue weighted by molar-refractivity contribution is 5.97. The van der Waals surface area contributed by atoms with E-state index in [0.717, 1.165) is 47.8 Å². The van der Waals surface area contributed by atoms with Crippen LogP contribution in [0.1, 0.15) is 54.4 Å². The van der Waals surface area contributed by atoms with E-state index in [1.807, 2.05) is 24.0 Å². The number of aromatic amines is 1. The van der Waals surface area contributed by atoms with Gasteiger partial charge in [0.1, 0.15) is 5.75 Å². The first-order valence-electron chi connectivity index (χ1n) is 9.66. The number of H-pyrrole nitrogens is 1. The fourth-order valence-electron chi connectivity index (χ4n) is 4.10. The number of anilines is 1. The quantitative estimate of drug-likeness (QED) is 0.899. The molecule has 0 bridgehead atoms.